The van der Waals surface area contributed by atoms with Crippen LogP contribution >= 0.6 is 0 Å². The predicted molar refractivity (Wildman–Crippen MR) is 108 cm³/mol. The molecule has 1 heterocycles. The largest absolute Gasteiger partial charge is 0.390 e. The van der Waals surface area contributed by atoms with Gasteiger partial charge in [-0.05, 0) is 44.5 Å². The fourth-order valence-corrected chi connectivity index (χ4v) is 2.81. The lowest BCUT2D eigenvalue weighted by Gasteiger charge is -2.21. The molecule has 1 aromatic carbocycles. The highest BCUT2D eigenvalue weighted by atomic mass is 16.2. The minimum absolute atomic E-state index is 0.0364. The average Bonchev–Trinajstić information content (AvgIpc) is 3.06. The summed E-state index contributed by atoms with van der Waals surface area (Å²) in [5.74, 6) is 0.0364. The number of rotatable bonds is 9. The molecule has 144 valence electrons. The van der Waals surface area contributed by atoms with Gasteiger partial charge in [0.2, 0.25) is 5.91 Å². The second-order valence-electron chi connectivity index (χ2n) is 6.24. The van der Waals surface area contributed by atoms with Crippen LogP contribution in [0.1, 0.15) is 24.8 Å². The molecule has 7 nitrogen and oxygen atoms in total. The highest BCUT2D eigenvalue weighted by molar-refractivity contribution is 5.83. The van der Waals surface area contributed by atoms with Crippen molar-refractivity contribution < 1.29 is 4.79 Å². The topological polar surface area (TPSA) is 124 Å². The molecule has 0 saturated carbocycles. The number of likely N-dealkylation sites (N-methyl/N-ethyl adjacent to an activating group) is 1. The van der Waals surface area contributed by atoms with Crippen molar-refractivity contribution in [3.05, 3.63) is 36.0 Å². The molecular formula is C19H32N6O. The number of hydrogen-bond donors (Lipinski definition) is 5. The van der Waals surface area contributed by atoms with Gasteiger partial charge in [-0.1, -0.05) is 24.6 Å². The standard InChI is InChI=1S/C18H28N4O.CH4N2/c1-20-11-6-5-8-16(19)18(23)22(2)12-10-14-13-21-17-9-4-3-7-15(14)17;2-1-3/h3-4,7,9,13,16,20-21H,5-6,8,10-12,19H2,1-2H3;1H,(H3,2,3). The molecule has 0 aliphatic rings. The van der Waals surface area contributed by atoms with Gasteiger partial charge in [0.05, 0.1) is 12.4 Å². The van der Waals surface area contributed by atoms with Crippen molar-refractivity contribution in [2.75, 3.05) is 27.2 Å². The maximum Gasteiger partial charge on any atom is 0.239 e. The van der Waals surface area contributed by atoms with Crippen LogP contribution in [0.2, 0.25) is 0 Å². The van der Waals surface area contributed by atoms with E-state index in [4.69, 9.17) is 11.1 Å². The van der Waals surface area contributed by atoms with Crippen LogP contribution in [0, 0.1) is 5.41 Å². The molecule has 1 amide bonds. The Morgan fingerprint density at radius 3 is 2.77 bits per heavy atom. The number of benzene rings is 1. The predicted octanol–water partition coefficient (Wildman–Crippen LogP) is 1.44. The van der Waals surface area contributed by atoms with Crippen LogP contribution in [0.5, 0.6) is 0 Å². The van der Waals surface area contributed by atoms with Gasteiger partial charge in [-0.3, -0.25) is 10.2 Å². The van der Waals surface area contributed by atoms with Gasteiger partial charge in [-0.2, -0.15) is 0 Å². The van der Waals surface area contributed by atoms with E-state index in [1.807, 2.05) is 32.4 Å². The maximum absolute atomic E-state index is 12.3. The maximum atomic E-state index is 12.3. The van der Waals surface area contributed by atoms with Crippen molar-refractivity contribution in [2.45, 2.75) is 31.7 Å². The minimum atomic E-state index is -0.389. The van der Waals surface area contributed by atoms with Crippen molar-refractivity contribution in [2.24, 2.45) is 11.5 Å². The van der Waals surface area contributed by atoms with Crippen LogP contribution in [-0.4, -0.2) is 55.4 Å². The third kappa shape index (κ3) is 6.85. The number of fused-ring (bicyclic) bond motifs is 1. The number of aromatic nitrogens is 1. The van der Waals surface area contributed by atoms with E-state index in [9.17, 15) is 4.79 Å². The molecule has 0 aliphatic carbocycles. The number of hydrogen-bond acceptors (Lipinski definition) is 4. The van der Waals surface area contributed by atoms with Crippen molar-refractivity contribution in [3.63, 3.8) is 0 Å². The van der Waals surface area contributed by atoms with Crippen molar-refractivity contribution in [1.82, 2.24) is 15.2 Å². The molecule has 0 bridgehead atoms. The summed E-state index contributed by atoms with van der Waals surface area (Å²) >= 11 is 0. The second-order valence-corrected chi connectivity index (χ2v) is 6.24. The van der Waals surface area contributed by atoms with Gasteiger partial charge in [-0.25, -0.2) is 0 Å². The lowest BCUT2D eigenvalue weighted by Crippen LogP contribution is -2.42. The number of nitrogens with two attached hydrogens (primary N) is 2. The zero-order valence-electron chi connectivity index (χ0n) is 15.8. The van der Waals surface area contributed by atoms with E-state index < -0.39 is 0 Å². The molecule has 1 unspecified atom stereocenters. The fourth-order valence-electron chi connectivity index (χ4n) is 2.81. The van der Waals surface area contributed by atoms with Crippen LogP contribution < -0.4 is 16.8 Å². The van der Waals surface area contributed by atoms with Gasteiger partial charge < -0.3 is 26.7 Å². The first kappa shape index (κ1) is 21.7. The van der Waals surface area contributed by atoms with Gasteiger partial charge in [0.25, 0.3) is 0 Å². The highest BCUT2D eigenvalue weighted by Crippen LogP contribution is 2.18. The van der Waals surface area contributed by atoms with E-state index in [0.717, 1.165) is 44.1 Å². The van der Waals surface area contributed by atoms with Crippen LogP contribution in [0.25, 0.3) is 10.9 Å². The normalized spacial score (nSPS) is 11.5. The molecule has 0 fully saturated rings. The molecule has 0 spiro atoms. The number of para-hydroxylation sites is 1. The Morgan fingerprint density at radius 1 is 1.38 bits per heavy atom. The van der Waals surface area contributed by atoms with Crippen LogP contribution in [-0.2, 0) is 11.2 Å². The van der Waals surface area contributed by atoms with Crippen LogP contribution in [0.3, 0.4) is 0 Å². The van der Waals surface area contributed by atoms with Gasteiger partial charge in [0.1, 0.15) is 0 Å². The molecule has 1 atom stereocenters. The average molecular weight is 361 g/mol. The number of carbonyl (C=O) groups is 1. The third-order valence-electron chi connectivity index (χ3n) is 4.28. The number of nitrogens with one attached hydrogen (secondary N) is 3. The minimum Gasteiger partial charge on any atom is -0.390 e. The molecule has 7 N–H and O–H groups in total. The number of carbonyl (C=O) groups excluding carboxylic acids is 1. The number of aromatic amines is 1. The van der Waals surface area contributed by atoms with E-state index in [-0.39, 0.29) is 11.9 Å². The van der Waals surface area contributed by atoms with Crippen molar-refractivity contribution >= 4 is 23.1 Å². The van der Waals surface area contributed by atoms with E-state index in [1.165, 1.54) is 10.9 Å². The first-order valence-electron chi connectivity index (χ1n) is 8.96. The zero-order valence-corrected chi connectivity index (χ0v) is 15.8. The van der Waals surface area contributed by atoms with Crippen LogP contribution in [0.15, 0.2) is 30.5 Å². The summed E-state index contributed by atoms with van der Waals surface area (Å²) in [6.45, 7) is 1.65. The molecule has 0 radical (unpaired) electrons. The smallest absolute Gasteiger partial charge is 0.239 e. The Kier molecular flexibility index (Phi) is 10.0. The van der Waals surface area contributed by atoms with E-state index in [2.05, 4.69) is 28.2 Å². The summed E-state index contributed by atoms with van der Waals surface area (Å²) in [5, 5.41) is 10.2. The molecule has 1 aromatic heterocycles. The van der Waals surface area contributed by atoms with Gasteiger partial charge in [0.15, 0.2) is 0 Å². The monoisotopic (exact) mass is 360 g/mol. The summed E-state index contributed by atoms with van der Waals surface area (Å²) in [7, 11) is 3.77. The summed E-state index contributed by atoms with van der Waals surface area (Å²) in [6.07, 6.45) is 6.39. The van der Waals surface area contributed by atoms with Crippen LogP contribution in [0.4, 0.5) is 0 Å². The second kappa shape index (κ2) is 12.1. The Hall–Kier alpha value is -2.38. The molecule has 26 heavy (non-hydrogen) atoms. The number of nitrogens with zero attached hydrogens (tertiary/aromatic N) is 1. The molecule has 7 heteroatoms. The molecule has 2 aromatic rings. The Balaban J connectivity index is 0.00000105. The van der Waals surface area contributed by atoms with Gasteiger partial charge >= 0.3 is 0 Å². The summed E-state index contributed by atoms with van der Waals surface area (Å²) in [5.41, 5.74) is 12.8. The summed E-state index contributed by atoms with van der Waals surface area (Å²) in [4.78, 5) is 17.3. The lowest BCUT2D eigenvalue weighted by atomic mass is 10.1. The van der Waals surface area contributed by atoms with Gasteiger partial charge in [-0.15, -0.1) is 0 Å². The van der Waals surface area contributed by atoms with Crippen molar-refractivity contribution in [1.29, 1.82) is 5.41 Å². The lowest BCUT2D eigenvalue weighted by molar-refractivity contribution is -0.131. The van der Waals surface area contributed by atoms with E-state index in [0.29, 0.717) is 6.54 Å². The quantitative estimate of drug-likeness (QED) is 0.264. The molecule has 0 aliphatic heterocycles. The van der Waals surface area contributed by atoms with Crippen molar-refractivity contribution in [3.8, 4) is 0 Å². The SMILES string of the molecule is CNCCCCC(N)C(=O)N(C)CCc1c[nH]c2ccccc12.N=CN. The van der Waals surface area contributed by atoms with E-state index >= 15 is 0 Å². The number of unbranched alkanes of at least 4 members (excludes halogenated alkanes) is 1. The summed E-state index contributed by atoms with van der Waals surface area (Å²) in [6, 6.07) is 7.84. The Bertz CT molecular complexity index is 669. The summed E-state index contributed by atoms with van der Waals surface area (Å²) < 4.78 is 0. The highest BCUT2D eigenvalue weighted by Gasteiger charge is 2.17. The molecular weight excluding hydrogens is 328 g/mol. The Morgan fingerprint density at radius 2 is 2.08 bits per heavy atom. The third-order valence-corrected chi connectivity index (χ3v) is 4.28. The molecule has 0 saturated heterocycles. The Labute approximate surface area is 155 Å². The number of amides is 1. The first-order chi connectivity index (χ1) is 12.5. The first-order valence-corrected chi connectivity index (χ1v) is 8.96. The fraction of sp³-hybridized carbons (Fsp3) is 0.474. The molecule has 2 rings (SSSR count). The van der Waals surface area contributed by atoms with Gasteiger partial charge in [0, 0.05) is 30.7 Å². The van der Waals surface area contributed by atoms with E-state index in [1.54, 1.807) is 4.90 Å². The zero-order chi connectivity index (χ0) is 19.4. The number of H-pyrrole nitrogens is 1.